The van der Waals surface area contributed by atoms with Gasteiger partial charge in [-0.3, -0.25) is 9.69 Å². The smallest absolute Gasteiger partial charge is 0.216 e. The maximum absolute atomic E-state index is 11.1. The Bertz CT molecular complexity index is 681. The Kier molecular flexibility index (Phi) is 5.30. The third kappa shape index (κ3) is 4.23. The maximum Gasteiger partial charge on any atom is 0.216 e. The fourth-order valence-electron chi connectivity index (χ4n) is 3.41. The highest BCUT2D eigenvalue weighted by Crippen LogP contribution is 2.21. The molecule has 0 saturated carbocycles. The molecule has 24 heavy (non-hydrogen) atoms. The number of carbonyl (C=O) groups is 1. The molecule has 1 N–H and O–H groups in total. The first-order valence-electron chi connectivity index (χ1n) is 8.68. The average Bonchev–Trinajstić information content (AvgIpc) is 3.10. The van der Waals surface area contributed by atoms with E-state index in [4.69, 9.17) is 0 Å². The van der Waals surface area contributed by atoms with Crippen LogP contribution in [0.2, 0.25) is 0 Å². The predicted molar refractivity (Wildman–Crippen MR) is 95.0 cm³/mol. The highest BCUT2D eigenvalue weighted by Gasteiger charge is 2.20. The normalized spacial score (nSPS) is 18.5. The maximum atomic E-state index is 11.1. The van der Waals surface area contributed by atoms with Gasteiger partial charge in [0.15, 0.2) is 0 Å². The lowest BCUT2D eigenvalue weighted by Gasteiger charge is -2.33. The Labute approximate surface area is 143 Å². The minimum absolute atomic E-state index is 0.0668. The summed E-state index contributed by atoms with van der Waals surface area (Å²) in [6.07, 6.45) is 6.17. The van der Waals surface area contributed by atoms with E-state index in [0.29, 0.717) is 5.92 Å². The second-order valence-corrected chi connectivity index (χ2v) is 6.74. The van der Waals surface area contributed by atoms with Gasteiger partial charge in [-0.15, -0.1) is 0 Å². The molecule has 1 amide bonds. The molecule has 1 aliphatic heterocycles. The van der Waals surface area contributed by atoms with Crippen LogP contribution in [0, 0.1) is 12.8 Å². The van der Waals surface area contributed by atoms with Gasteiger partial charge in [-0.25, -0.2) is 4.68 Å². The summed E-state index contributed by atoms with van der Waals surface area (Å²) < 4.78 is 1.89. The monoisotopic (exact) mass is 326 g/mol. The van der Waals surface area contributed by atoms with Gasteiger partial charge in [0.05, 0.1) is 5.69 Å². The molecule has 2 heterocycles. The van der Waals surface area contributed by atoms with Gasteiger partial charge < -0.3 is 5.32 Å². The third-order valence-electron chi connectivity index (χ3n) is 4.73. The fraction of sp³-hybridized carbons (Fsp3) is 0.474. The molecule has 0 spiro atoms. The Morgan fingerprint density at radius 3 is 3.00 bits per heavy atom. The third-order valence-corrected chi connectivity index (χ3v) is 4.73. The SMILES string of the molecule is CC(=O)NC[C@@H]1CCCN(Cc2ccc(-n3cccn3)cc2C)C1. The van der Waals surface area contributed by atoms with Gasteiger partial charge in [0.2, 0.25) is 5.91 Å². The summed E-state index contributed by atoms with van der Waals surface area (Å²) in [4.78, 5) is 13.6. The highest BCUT2D eigenvalue weighted by molar-refractivity contribution is 5.72. The van der Waals surface area contributed by atoms with Gasteiger partial charge in [0.1, 0.15) is 0 Å². The molecule has 5 nitrogen and oxygen atoms in total. The predicted octanol–water partition coefficient (Wildman–Crippen LogP) is 2.53. The molecule has 1 aromatic carbocycles. The summed E-state index contributed by atoms with van der Waals surface area (Å²) in [6.45, 7) is 7.72. The molecular weight excluding hydrogens is 300 g/mol. The molecule has 2 aromatic rings. The molecule has 128 valence electrons. The van der Waals surface area contributed by atoms with Crippen LogP contribution in [0.5, 0.6) is 0 Å². The Morgan fingerprint density at radius 1 is 1.42 bits per heavy atom. The summed E-state index contributed by atoms with van der Waals surface area (Å²) in [5, 5.41) is 7.25. The first kappa shape index (κ1) is 16.7. The van der Waals surface area contributed by atoms with Crippen molar-refractivity contribution in [3.63, 3.8) is 0 Å². The van der Waals surface area contributed by atoms with Crippen molar-refractivity contribution in [1.29, 1.82) is 0 Å². The van der Waals surface area contributed by atoms with Crippen molar-refractivity contribution in [3.05, 3.63) is 47.8 Å². The lowest BCUT2D eigenvalue weighted by atomic mass is 9.97. The Balaban J connectivity index is 1.62. The molecular formula is C19H26N4O. The number of amides is 1. The largest absolute Gasteiger partial charge is 0.356 e. The van der Waals surface area contributed by atoms with Crippen LogP contribution in [0.4, 0.5) is 0 Å². The number of piperidine rings is 1. The Hall–Kier alpha value is -2.14. The number of nitrogens with zero attached hydrogens (tertiary/aromatic N) is 3. The van der Waals surface area contributed by atoms with Gasteiger partial charge >= 0.3 is 0 Å². The summed E-state index contributed by atoms with van der Waals surface area (Å²) in [5.74, 6) is 0.628. The molecule has 1 aliphatic rings. The van der Waals surface area contributed by atoms with E-state index >= 15 is 0 Å². The molecule has 1 atom stereocenters. The van der Waals surface area contributed by atoms with E-state index < -0.39 is 0 Å². The zero-order valence-corrected chi connectivity index (χ0v) is 14.5. The van der Waals surface area contributed by atoms with Crippen LogP contribution in [0.1, 0.15) is 30.9 Å². The van der Waals surface area contributed by atoms with E-state index in [1.165, 1.54) is 24.0 Å². The molecule has 5 heteroatoms. The number of aryl methyl sites for hydroxylation is 1. The van der Waals surface area contributed by atoms with Crippen LogP contribution in [0.15, 0.2) is 36.7 Å². The molecule has 1 saturated heterocycles. The van der Waals surface area contributed by atoms with Gasteiger partial charge in [-0.05, 0) is 61.6 Å². The molecule has 0 radical (unpaired) electrons. The van der Waals surface area contributed by atoms with Crippen molar-refractivity contribution in [1.82, 2.24) is 20.0 Å². The van der Waals surface area contributed by atoms with Crippen molar-refractivity contribution in [2.24, 2.45) is 5.92 Å². The summed E-state index contributed by atoms with van der Waals surface area (Å²) in [6, 6.07) is 8.48. The number of likely N-dealkylation sites (tertiary alicyclic amines) is 1. The number of benzene rings is 1. The molecule has 1 aromatic heterocycles. The minimum atomic E-state index is 0.0668. The zero-order chi connectivity index (χ0) is 16.9. The Morgan fingerprint density at radius 2 is 2.29 bits per heavy atom. The van der Waals surface area contributed by atoms with E-state index in [-0.39, 0.29) is 5.91 Å². The van der Waals surface area contributed by atoms with E-state index in [1.807, 2.05) is 16.9 Å². The van der Waals surface area contributed by atoms with Crippen molar-refractivity contribution in [3.8, 4) is 5.69 Å². The highest BCUT2D eigenvalue weighted by atomic mass is 16.1. The van der Waals surface area contributed by atoms with E-state index in [1.54, 1.807) is 13.1 Å². The quantitative estimate of drug-likeness (QED) is 0.918. The molecule has 0 bridgehead atoms. The van der Waals surface area contributed by atoms with Crippen LogP contribution in [0.25, 0.3) is 5.69 Å². The average molecular weight is 326 g/mol. The zero-order valence-electron chi connectivity index (χ0n) is 14.5. The van der Waals surface area contributed by atoms with Crippen molar-refractivity contribution in [2.75, 3.05) is 19.6 Å². The summed E-state index contributed by atoms with van der Waals surface area (Å²) in [5.41, 5.74) is 3.77. The number of hydrogen-bond donors (Lipinski definition) is 1. The van der Waals surface area contributed by atoms with Crippen molar-refractivity contribution >= 4 is 5.91 Å². The first-order chi connectivity index (χ1) is 11.6. The van der Waals surface area contributed by atoms with Gasteiger partial charge in [0, 0.05) is 39.0 Å². The lowest BCUT2D eigenvalue weighted by Crippen LogP contribution is -2.40. The minimum Gasteiger partial charge on any atom is -0.356 e. The number of rotatable bonds is 5. The lowest BCUT2D eigenvalue weighted by molar-refractivity contribution is -0.119. The second kappa shape index (κ2) is 7.62. The van der Waals surface area contributed by atoms with Crippen molar-refractivity contribution < 1.29 is 4.79 Å². The van der Waals surface area contributed by atoms with Crippen LogP contribution >= 0.6 is 0 Å². The summed E-state index contributed by atoms with van der Waals surface area (Å²) >= 11 is 0. The van der Waals surface area contributed by atoms with Crippen LogP contribution in [-0.4, -0.2) is 40.2 Å². The first-order valence-corrected chi connectivity index (χ1v) is 8.68. The van der Waals surface area contributed by atoms with E-state index in [0.717, 1.165) is 31.9 Å². The number of hydrogen-bond acceptors (Lipinski definition) is 3. The van der Waals surface area contributed by atoms with Crippen molar-refractivity contribution in [2.45, 2.75) is 33.2 Å². The molecule has 1 fully saturated rings. The molecule has 3 rings (SSSR count). The van der Waals surface area contributed by atoms with Gasteiger partial charge in [-0.1, -0.05) is 6.07 Å². The number of nitrogens with one attached hydrogen (secondary N) is 1. The summed E-state index contributed by atoms with van der Waals surface area (Å²) in [7, 11) is 0. The topological polar surface area (TPSA) is 50.2 Å². The fourth-order valence-corrected chi connectivity index (χ4v) is 3.41. The van der Waals surface area contributed by atoms with E-state index in [9.17, 15) is 4.79 Å². The second-order valence-electron chi connectivity index (χ2n) is 6.74. The molecule has 0 unspecified atom stereocenters. The standard InChI is InChI=1S/C19H26N4O/c1-15-11-19(23-10-4-8-21-23)7-6-18(15)14-22-9-3-5-17(13-22)12-20-16(2)24/h4,6-8,10-11,17H,3,5,9,12-14H2,1-2H3,(H,20,24)/t17-/m0/s1. The van der Waals surface area contributed by atoms with Crippen LogP contribution in [0.3, 0.4) is 0 Å². The number of carbonyl (C=O) groups excluding carboxylic acids is 1. The van der Waals surface area contributed by atoms with Crippen LogP contribution in [-0.2, 0) is 11.3 Å². The number of aromatic nitrogens is 2. The van der Waals surface area contributed by atoms with Gasteiger partial charge in [0.25, 0.3) is 0 Å². The van der Waals surface area contributed by atoms with E-state index in [2.05, 4.69) is 40.4 Å². The molecule has 0 aliphatic carbocycles. The van der Waals surface area contributed by atoms with Gasteiger partial charge in [-0.2, -0.15) is 5.10 Å². The van der Waals surface area contributed by atoms with Crippen LogP contribution < -0.4 is 5.32 Å².